The summed E-state index contributed by atoms with van der Waals surface area (Å²) in [5.41, 5.74) is 1.97. The number of amides is 2. The lowest BCUT2D eigenvalue weighted by Crippen LogP contribution is -2.51. The first-order chi connectivity index (χ1) is 18.1. The highest BCUT2D eigenvalue weighted by Gasteiger charge is 2.31. The van der Waals surface area contributed by atoms with Gasteiger partial charge in [-0.1, -0.05) is 53.3 Å². The Labute approximate surface area is 231 Å². The van der Waals surface area contributed by atoms with E-state index in [4.69, 9.17) is 21.3 Å². The van der Waals surface area contributed by atoms with E-state index >= 15 is 0 Å². The van der Waals surface area contributed by atoms with Crippen LogP contribution >= 0.6 is 22.9 Å². The third kappa shape index (κ3) is 7.33. The molecule has 0 aliphatic rings. The first kappa shape index (κ1) is 27.6. The number of fused-ring (bicyclic) bond motifs is 1. The van der Waals surface area contributed by atoms with Gasteiger partial charge in [-0.3, -0.25) is 9.69 Å². The summed E-state index contributed by atoms with van der Waals surface area (Å²) in [5.74, 6) is -0.256. The monoisotopic (exact) mass is 553 g/mol. The summed E-state index contributed by atoms with van der Waals surface area (Å²) < 4.78 is 8.35. The molecular weight excluding hydrogens is 522 g/mol. The second-order valence-electron chi connectivity index (χ2n) is 10.1. The van der Waals surface area contributed by atoms with Crippen molar-refractivity contribution in [3.8, 4) is 0 Å². The number of aromatic nitrogens is 3. The fourth-order valence-corrected chi connectivity index (χ4v) is 5.53. The van der Waals surface area contributed by atoms with Gasteiger partial charge in [-0.15, -0.1) is 0 Å². The Balaban J connectivity index is 1.66. The third-order valence-electron chi connectivity index (χ3n) is 5.76. The van der Waals surface area contributed by atoms with Crippen molar-refractivity contribution in [1.29, 1.82) is 0 Å². The molecule has 2 aromatic heterocycles. The molecule has 0 aliphatic heterocycles. The van der Waals surface area contributed by atoms with Crippen LogP contribution in [0, 0.1) is 6.92 Å². The van der Waals surface area contributed by atoms with Gasteiger partial charge in [0.25, 0.3) is 5.91 Å². The van der Waals surface area contributed by atoms with Gasteiger partial charge in [-0.05, 0) is 57.4 Å². The Morgan fingerprint density at radius 3 is 2.66 bits per heavy atom. The van der Waals surface area contributed by atoms with Crippen LogP contribution in [0.2, 0.25) is 5.02 Å². The zero-order valence-electron chi connectivity index (χ0n) is 22.0. The summed E-state index contributed by atoms with van der Waals surface area (Å²) in [6.07, 6.45) is 5.70. The molecule has 0 spiro atoms. The van der Waals surface area contributed by atoms with E-state index in [-0.39, 0.29) is 5.91 Å². The van der Waals surface area contributed by atoms with Gasteiger partial charge >= 0.3 is 6.09 Å². The summed E-state index contributed by atoms with van der Waals surface area (Å²) in [6.45, 7) is 8.41. The maximum absolute atomic E-state index is 14.1. The summed E-state index contributed by atoms with van der Waals surface area (Å²) in [7, 11) is 0. The number of hydrogen-bond acceptors (Lipinski definition) is 6. The van der Waals surface area contributed by atoms with E-state index in [1.807, 2.05) is 60.2 Å². The van der Waals surface area contributed by atoms with Crippen molar-refractivity contribution in [2.45, 2.75) is 58.7 Å². The average Bonchev–Trinajstić information content (AvgIpc) is 3.50. The van der Waals surface area contributed by atoms with Crippen LogP contribution in [-0.2, 0) is 22.5 Å². The fraction of sp³-hybridized carbons (Fsp3) is 0.357. The number of aryl methyl sites for hydroxylation is 2. The molecule has 0 radical (unpaired) electrons. The highest BCUT2D eigenvalue weighted by Crippen LogP contribution is 2.33. The lowest BCUT2D eigenvalue weighted by Gasteiger charge is -2.27. The standard InChI is InChI=1S/C28H32ClN5O3S/c1-19-15-21(29)17-23-24(19)32-26(38-23)34(13-8-12-33-14-11-30-18-33)25(35)22(16-20-9-6-5-7-10-20)31-27(36)37-28(2,3)4/h5-7,9-11,14-15,17-18,22H,8,12-13,16H2,1-4H3,(H,31,36)/t22-/m0/s1. The Hall–Kier alpha value is -3.43. The molecule has 2 heterocycles. The van der Waals surface area contributed by atoms with Crippen LogP contribution in [0.4, 0.5) is 9.93 Å². The number of ether oxygens (including phenoxy) is 1. The van der Waals surface area contributed by atoms with E-state index < -0.39 is 17.7 Å². The lowest BCUT2D eigenvalue weighted by atomic mass is 10.0. The Morgan fingerprint density at radius 2 is 1.97 bits per heavy atom. The molecule has 4 aromatic rings. The zero-order chi connectivity index (χ0) is 27.3. The molecule has 0 saturated heterocycles. The first-order valence-electron chi connectivity index (χ1n) is 12.5. The van der Waals surface area contributed by atoms with Gasteiger partial charge in [0.1, 0.15) is 11.6 Å². The summed E-state index contributed by atoms with van der Waals surface area (Å²) in [6, 6.07) is 12.5. The van der Waals surface area contributed by atoms with Crippen molar-refractivity contribution >= 4 is 50.3 Å². The first-order valence-corrected chi connectivity index (χ1v) is 13.7. The van der Waals surface area contributed by atoms with Gasteiger partial charge in [-0.25, -0.2) is 14.8 Å². The molecule has 0 aliphatic carbocycles. The predicted octanol–water partition coefficient (Wildman–Crippen LogP) is 6.01. The van der Waals surface area contributed by atoms with E-state index in [0.717, 1.165) is 21.3 Å². The quantitative estimate of drug-likeness (QED) is 0.274. The van der Waals surface area contributed by atoms with Gasteiger partial charge < -0.3 is 14.6 Å². The van der Waals surface area contributed by atoms with E-state index in [1.54, 1.807) is 38.2 Å². The largest absolute Gasteiger partial charge is 0.444 e. The van der Waals surface area contributed by atoms with Gasteiger partial charge in [-0.2, -0.15) is 0 Å². The molecule has 0 fully saturated rings. The molecule has 1 N–H and O–H groups in total. The number of anilines is 1. The zero-order valence-corrected chi connectivity index (χ0v) is 23.6. The van der Waals surface area contributed by atoms with Crippen molar-refractivity contribution in [2.24, 2.45) is 0 Å². The van der Waals surface area contributed by atoms with E-state index in [9.17, 15) is 9.59 Å². The van der Waals surface area contributed by atoms with Crippen LogP contribution in [0.3, 0.4) is 0 Å². The van der Waals surface area contributed by atoms with Crippen molar-refractivity contribution < 1.29 is 14.3 Å². The number of imidazole rings is 1. The smallest absolute Gasteiger partial charge is 0.408 e. The summed E-state index contributed by atoms with van der Waals surface area (Å²) in [5, 5.41) is 4.00. The number of carbonyl (C=O) groups is 2. The van der Waals surface area contributed by atoms with Crippen LogP contribution in [-0.4, -0.2) is 44.7 Å². The SMILES string of the molecule is Cc1cc(Cl)cc2sc(N(CCCn3ccnc3)C(=O)[C@H](Cc3ccccc3)NC(=O)OC(C)(C)C)nc12. The van der Waals surface area contributed by atoms with Gasteiger partial charge in [0.15, 0.2) is 5.13 Å². The van der Waals surface area contributed by atoms with Crippen LogP contribution < -0.4 is 10.2 Å². The minimum Gasteiger partial charge on any atom is -0.444 e. The van der Waals surface area contributed by atoms with Gasteiger partial charge in [0.2, 0.25) is 0 Å². The molecule has 1 atom stereocenters. The average molecular weight is 554 g/mol. The summed E-state index contributed by atoms with van der Waals surface area (Å²) >= 11 is 7.70. The molecule has 0 unspecified atom stereocenters. The van der Waals surface area contributed by atoms with E-state index in [2.05, 4.69) is 10.3 Å². The molecule has 10 heteroatoms. The Bertz CT molecular complexity index is 1380. The second kappa shape index (κ2) is 12.0. The van der Waals surface area contributed by atoms with Crippen molar-refractivity contribution in [1.82, 2.24) is 19.9 Å². The van der Waals surface area contributed by atoms with Crippen molar-refractivity contribution in [3.05, 3.63) is 77.3 Å². The number of thiazole rings is 1. The molecule has 0 saturated carbocycles. The number of halogens is 1. The van der Waals surface area contributed by atoms with Crippen LogP contribution in [0.5, 0.6) is 0 Å². The normalized spacial score (nSPS) is 12.3. The number of benzene rings is 2. The third-order valence-corrected chi connectivity index (χ3v) is 7.01. The molecule has 2 amide bonds. The van der Waals surface area contributed by atoms with Gasteiger partial charge in [0.05, 0.1) is 16.5 Å². The maximum Gasteiger partial charge on any atom is 0.408 e. The fourth-order valence-electron chi connectivity index (χ4n) is 4.08. The van der Waals surface area contributed by atoms with Crippen LogP contribution in [0.25, 0.3) is 10.2 Å². The van der Waals surface area contributed by atoms with Crippen molar-refractivity contribution in [2.75, 3.05) is 11.4 Å². The molecule has 2 aromatic carbocycles. The Kier molecular flexibility index (Phi) is 8.69. The van der Waals surface area contributed by atoms with Crippen LogP contribution in [0.1, 0.15) is 38.3 Å². The number of carbonyl (C=O) groups excluding carboxylic acids is 2. The molecule has 200 valence electrons. The van der Waals surface area contributed by atoms with E-state index in [1.165, 1.54) is 11.3 Å². The van der Waals surface area contributed by atoms with Gasteiger partial charge in [0, 0.05) is 36.9 Å². The van der Waals surface area contributed by atoms with E-state index in [0.29, 0.717) is 36.1 Å². The molecule has 8 nitrogen and oxygen atoms in total. The van der Waals surface area contributed by atoms with Crippen molar-refractivity contribution in [3.63, 3.8) is 0 Å². The molecule has 38 heavy (non-hydrogen) atoms. The topological polar surface area (TPSA) is 89.4 Å². The predicted molar refractivity (Wildman–Crippen MR) is 152 cm³/mol. The molecule has 0 bridgehead atoms. The highest BCUT2D eigenvalue weighted by molar-refractivity contribution is 7.22. The lowest BCUT2D eigenvalue weighted by molar-refractivity contribution is -0.120. The minimum absolute atomic E-state index is 0.256. The summed E-state index contributed by atoms with van der Waals surface area (Å²) in [4.78, 5) is 37.5. The highest BCUT2D eigenvalue weighted by atomic mass is 35.5. The minimum atomic E-state index is -0.850. The number of hydrogen-bond donors (Lipinski definition) is 1. The number of rotatable bonds is 9. The number of nitrogens with zero attached hydrogens (tertiary/aromatic N) is 4. The molecular formula is C28H32ClN5O3S. The number of alkyl carbamates (subject to hydrolysis) is 1. The molecule has 4 rings (SSSR count). The Morgan fingerprint density at radius 1 is 1.21 bits per heavy atom. The number of nitrogens with one attached hydrogen (secondary N) is 1. The second-order valence-corrected chi connectivity index (χ2v) is 11.5. The maximum atomic E-state index is 14.1. The van der Waals surface area contributed by atoms with Crippen LogP contribution in [0.15, 0.2) is 61.2 Å².